The zero-order valence-electron chi connectivity index (χ0n) is 10.7. The van der Waals surface area contributed by atoms with Crippen LogP contribution in [0.3, 0.4) is 0 Å². The maximum Gasteiger partial charge on any atom is 0.125 e. The van der Waals surface area contributed by atoms with Gasteiger partial charge in [0.25, 0.3) is 0 Å². The summed E-state index contributed by atoms with van der Waals surface area (Å²) < 4.78 is 13.1. The topological polar surface area (TPSA) is 34.0 Å². The van der Waals surface area contributed by atoms with Crippen LogP contribution in [0.5, 0.6) is 0 Å². The van der Waals surface area contributed by atoms with Gasteiger partial charge in [-0.25, -0.2) is 4.39 Å². The number of nitrogens with zero attached hydrogens (tertiary/aromatic N) is 4. The average molecular weight is 256 g/mol. The summed E-state index contributed by atoms with van der Waals surface area (Å²) in [6, 6.07) is 12.2. The number of anilines is 1. The predicted octanol–water partition coefficient (Wildman–Crippen LogP) is 2.63. The summed E-state index contributed by atoms with van der Waals surface area (Å²) in [5.41, 5.74) is 3.18. The summed E-state index contributed by atoms with van der Waals surface area (Å²) in [4.78, 5) is 3.54. The maximum absolute atomic E-state index is 13.1. The summed E-state index contributed by atoms with van der Waals surface area (Å²) >= 11 is 0. The molecule has 5 heteroatoms. The Labute approximate surface area is 110 Å². The average Bonchev–Trinajstić information content (AvgIpc) is 2.81. The molecule has 0 aliphatic heterocycles. The van der Waals surface area contributed by atoms with Crippen LogP contribution in [0.2, 0.25) is 0 Å². The second kappa shape index (κ2) is 4.35. The van der Waals surface area contributed by atoms with Gasteiger partial charge in [0.2, 0.25) is 0 Å². The van der Waals surface area contributed by atoms with Crippen molar-refractivity contribution in [1.82, 2.24) is 15.0 Å². The molecule has 0 aliphatic rings. The van der Waals surface area contributed by atoms with E-state index in [0.29, 0.717) is 11.0 Å². The third kappa shape index (κ3) is 2.14. The Bertz CT molecular complexity index is 716. The molecule has 0 N–H and O–H groups in total. The Morgan fingerprint density at radius 2 is 1.63 bits per heavy atom. The fourth-order valence-electron chi connectivity index (χ4n) is 1.89. The van der Waals surface area contributed by atoms with Crippen LogP contribution in [0.15, 0.2) is 42.5 Å². The van der Waals surface area contributed by atoms with Crippen molar-refractivity contribution in [2.24, 2.45) is 0 Å². The Hall–Kier alpha value is -2.43. The van der Waals surface area contributed by atoms with Crippen molar-refractivity contribution in [2.75, 3.05) is 19.0 Å². The third-order valence-corrected chi connectivity index (χ3v) is 2.94. The molecule has 0 saturated carbocycles. The summed E-state index contributed by atoms with van der Waals surface area (Å²) in [6.45, 7) is 0. The van der Waals surface area contributed by atoms with E-state index in [-0.39, 0.29) is 5.82 Å². The van der Waals surface area contributed by atoms with E-state index in [2.05, 4.69) is 10.2 Å². The van der Waals surface area contributed by atoms with Crippen molar-refractivity contribution in [3.05, 3.63) is 48.3 Å². The molecule has 0 radical (unpaired) electrons. The van der Waals surface area contributed by atoms with E-state index in [1.54, 1.807) is 6.07 Å². The fraction of sp³-hybridized carbons (Fsp3) is 0.143. The molecular weight excluding hydrogens is 243 g/mol. The molecule has 0 saturated heterocycles. The number of rotatable bonds is 2. The second-order valence-electron chi connectivity index (χ2n) is 4.53. The van der Waals surface area contributed by atoms with Crippen molar-refractivity contribution in [3.63, 3.8) is 0 Å². The van der Waals surface area contributed by atoms with Gasteiger partial charge in [0, 0.05) is 25.8 Å². The van der Waals surface area contributed by atoms with E-state index in [1.807, 2.05) is 43.3 Å². The Balaban J connectivity index is 2.03. The van der Waals surface area contributed by atoms with Crippen molar-refractivity contribution < 1.29 is 4.39 Å². The van der Waals surface area contributed by atoms with E-state index in [4.69, 9.17) is 0 Å². The number of fused-ring (bicyclic) bond motifs is 1. The highest BCUT2D eigenvalue weighted by Crippen LogP contribution is 2.17. The standard InChI is InChI=1S/C14H13FN4/c1-18(2)11-4-6-12(7-5-11)19-16-13-8-3-10(15)9-14(13)17-19/h3-9H,1-2H3. The lowest BCUT2D eigenvalue weighted by Crippen LogP contribution is -2.08. The zero-order chi connectivity index (χ0) is 13.4. The summed E-state index contributed by atoms with van der Waals surface area (Å²) in [7, 11) is 3.97. The minimum atomic E-state index is -0.303. The van der Waals surface area contributed by atoms with Gasteiger partial charge in [-0.05, 0) is 36.4 Å². The minimum absolute atomic E-state index is 0.303. The molecular formula is C14H13FN4. The maximum atomic E-state index is 13.1. The SMILES string of the molecule is CN(C)c1ccc(-n2nc3ccc(F)cc3n2)cc1. The molecule has 96 valence electrons. The molecule has 1 heterocycles. The van der Waals surface area contributed by atoms with Gasteiger partial charge in [-0.1, -0.05) is 0 Å². The Morgan fingerprint density at radius 1 is 0.947 bits per heavy atom. The van der Waals surface area contributed by atoms with Crippen molar-refractivity contribution >= 4 is 16.7 Å². The highest BCUT2D eigenvalue weighted by Gasteiger charge is 2.05. The lowest BCUT2D eigenvalue weighted by Gasteiger charge is -2.12. The van der Waals surface area contributed by atoms with Crippen LogP contribution >= 0.6 is 0 Å². The molecule has 0 unspecified atom stereocenters. The van der Waals surface area contributed by atoms with E-state index in [1.165, 1.54) is 16.9 Å². The molecule has 3 rings (SSSR count). The lowest BCUT2D eigenvalue weighted by molar-refractivity contribution is 0.629. The molecule has 0 amide bonds. The number of benzene rings is 2. The lowest BCUT2D eigenvalue weighted by atomic mass is 10.3. The largest absolute Gasteiger partial charge is 0.378 e. The molecule has 0 spiro atoms. The van der Waals surface area contributed by atoms with Crippen LogP contribution < -0.4 is 4.90 Å². The monoisotopic (exact) mass is 256 g/mol. The van der Waals surface area contributed by atoms with Crippen molar-refractivity contribution in [2.45, 2.75) is 0 Å². The smallest absolute Gasteiger partial charge is 0.125 e. The number of halogens is 1. The molecule has 0 aliphatic carbocycles. The molecule has 0 fully saturated rings. The van der Waals surface area contributed by atoms with Crippen LogP contribution in [0.1, 0.15) is 0 Å². The van der Waals surface area contributed by atoms with Gasteiger partial charge < -0.3 is 4.90 Å². The Kier molecular flexibility index (Phi) is 2.67. The first-order chi connectivity index (χ1) is 9.13. The van der Waals surface area contributed by atoms with Crippen LogP contribution in [-0.2, 0) is 0 Å². The number of aromatic nitrogens is 3. The first-order valence-electron chi connectivity index (χ1n) is 5.94. The highest BCUT2D eigenvalue weighted by atomic mass is 19.1. The molecule has 4 nitrogen and oxygen atoms in total. The number of hydrogen-bond donors (Lipinski definition) is 0. The quantitative estimate of drug-likeness (QED) is 0.706. The van der Waals surface area contributed by atoms with Gasteiger partial charge in [-0.15, -0.1) is 10.2 Å². The first-order valence-corrected chi connectivity index (χ1v) is 5.94. The molecule has 2 aromatic carbocycles. The summed E-state index contributed by atoms with van der Waals surface area (Å²) in [5.74, 6) is -0.303. The van der Waals surface area contributed by atoms with Gasteiger partial charge in [-0.3, -0.25) is 0 Å². The van der Waals surface area contributed by atoms with Crippen LogP contribution in [0, 0.1) is 5.82 Å². The number of hydrogen-bond acceptors (Lipinski definition) is 3. The van der Waals surface area contributed by atoms with Crippen LogP contribution in [0.4, 0.5) is 10.1 Å². The van der Waals surface area contributed by atoms with Crippen molar-refractivity contribution in [3.8, 4) is 5.69 Å². The van der Waals surface area contributed by atoms with Gasteiger partial charge >= 0.3 is 0 Å². The molecule has 1 aromatic heterocycles. The molecule has 19 heavy (non-hydrogen) atoms. The Morgan fingerprint density at radius 3 is 2.32 bits per heavy atom. The minimum Gasteiger partial charge on any atom is -0.378 e. The van der Waals surface area contributed by atoms with Gasteiger partial charge in [-0.2, -0.15) is 4.80 Å². The highest BCUT2D eigenvalue weighted by molar-refractivity contribution is 5.73. The summed E-state index contributed by atoms with van der Waals surface area (Å²) in [6.07, 6.45) is 0. The van der Waals surface area contributed by atoms with Crippen LogP contribution in [0.25, 0.3) is 16.7 Å². The predicted molar refractivity (Wildman–Crippen MR) is 73.2 cm³/mol. The third-order valence-electron chi connectivity index (χ3n) is 2.94. The molecule has 0 atom stereocenters. The van der Waals surface area contributed by atoms with Gasteiger partial charge in [0.1, 0.15) is 16.9 Å². The first kappa shape index (κ1) is 11.6. The molecule has 0 bridgehead atoms. The second-order valence-corrected chi connectivity index (χ2v) is 4.53. The normalized spacial score (nSPS) is 10.9. The van der Waals surface area contributed by atoms with Crippen LogP contribution in [-0.4, -0.2) is 29.1 Å². The van der Waals surface area contributed by atoms with Gasteiger partial charge in [0.15, 0.2) is 0 Å². The van der Waals surface area contributed by atoms with E-state index < -0.39 is 0 Å². The zero-order valence-corrected chi connectivity index (χ0v) is 10.7. The van der Waals surface area contributed by atoms with E-state index >= 15 is 0 Å². The van der Waals surface area contributed by atoms with E-state index in [9.17, 15) is 4.39 Å². The van der Waals surface area contributed by atoms with Gasteiger partial charge in [0.05, 0.1) is 5.69 Å². The fourth-order valence-corrected chi connectivity index (χ4v) is 1.89. The van der Waals surface area contributed by atoms with E-state index in [0.717, 1.165) is 11.4 Å². The van der Waals surface area contributed by atoms with Crippen molar-refractivity contribution in [1.29, 1.82) is 0 Å². The summed E-state index contributed by atoms with van der Waals surface area (Å²) in [5, 5.41) is 8.59. The molecule has 3 aromatic rings.